The second-order valence-electron chi connectivity index (χ2n) is 8.27. The van der Waals surface area contributed by atoms with Gasteiger partial charge in [0.2, 0.25) is 17.8 Å². The highest BCUT2D eigenvalue weighted by atomic mass is 35.5. The minimum absolute atomic E-state index is 0.0228. The van der Waals surface area contributed by atoms with Gasteiger partial charge in [0.05, 0.1) is 12.2 Å². The van der Waals surface area contributed by atoms with Crippen molar-refractivity contribution in [1.29, 1.82) is 0 Å². The quantitative estimate of drug-likeness (QED) is 0.611. The largest absolute Gasteiger partial charge is 0.362 e. The van der Waals surface area contributed by atoms with Gasteiger partial charge in [0.25, 0.3) is 0 Å². The Balaban J connectivity index is 1.37. The van der Waals surface area contributed by atoms with E-state index in [2.05, 4.69) is 20.6 Å². The minimum Gasteiger partial charge on any atom is -0.362 e. The Morgan fingerprint density at radius 1 is 1.21 bits per heavy atom. The molecule has 2 amide bonds. The number of carbonyl (C=O) groups excluding carboxylic acids is 2. The van der Waals surface area contributed by atoms with Crippen LogP contribution in [0, 0.1) is 0 Å². The standard InChI is InChI=1S/C22H25Cl3N6O2/c1-13(16-4-2-14(23)10-17(16)24)27-21-18(25)12-26-22(29-21)31-8-6-30(7-9-31)20(33)11-15-3-5-19(32)28-15/h2,4,10,12-13,15H,3,5-9,11H2,1H3,(H,28,32)(H,26,27,29)/t13-,15-/m1/s1. The van der Waals surface area contributed by atoms with Gasteiger partial charge in [-0.2, -0.15) is 4.98 Å². The van der Waals surface area contributed by atoms with Gasteiger partial charge in [-0.15, -0.1) is 0 Å². The maximum absolute atomic E-state index is 12.6. The Kier molecular flexibility index (Phi) is 7.46. The number of nitrogens with zero attached hydrogens (tertiary/aromatic N) is 4. The number of rotatable bonds is 6. The van der Waals surface area contributed by atoms with Crippen LogP contribution in [-0.2, 0) is 9.59 Å². The molecule has 2 saturated heterocycles. The van der Waals surface area contributed by atoms with E-state index in [0.717, 1.165) is 12.0 Å². The molecule has 0 radical (unpaired) electrons. The molecule has 2 N–H and O–H groups in total. The topological polar surface area (TPSA) is 90.5 Å². The molecular formula is C22H25Cl3N6O2. The number of hydrogen-bond acceptors (Lipinski definition) is 6. The van der Waals surface area contributed by atoms with Crippen molar-refractivity contribution in [3.63, 3.8) is 0 Å². The highest BCUT2D eigenvalue weighted by Crippen LogP contribution is 2.30. The number of benzene rings is 1. The third-order valence-corrected chi connectivity index (χ3v) is 6.77. The van der Waals surface area contributed by atoms with E-state index in [4.69, 9.17) is 34.8 Å². The highest BCUT2D eigenvalue weighted by Gasteiger charge is 2.28. The van der Waals surface area contributed by atoms with Crippen molar-refractivity contribution in [2.45, 2.75) is 38.3 Å². The van der Waals surface area contributed by atoms with E-state index in [1.54, 1.807) is 18.3 Å². The van der Waals surface area contributed by atoms with Crippen molar-refractivity contribution in [3.05, 3.63) is 45.0 Å². The molecule has 0 spiro atoms. The summed E-state index contributed by atoms with van der Waals surface area (Å²) in [7, 11) is 0. The van der Waals surface area contributed by atoms with Gasteiger partial charge in [-0.3, -0.25) is 9.59 Å². The molecule has 2 aromatic rings. The van der Waals surface area contributed by atoms with E-state index in [-0.39, 0.29) is 23.9 Å². The van der Waals surface area contributed by atoms with Crippen molar-refractivity contribution < 1.29 is 9.59 Å². The normalized spacial score (nSPS) is 19.4. The summed E-state index contributed by atoms with van der Waals surface area (Å²) in [6, 6.07) is 5.15. The molecule has 0 aliphatic carbocycles. The number of aromatic nitrogens is 2. The second kappa shape index (κ2) is 10.3. The van der Waals surface area contributed by atoms with Gasteiger partial charge in [-0.25, -0.2) is 4.98 Å². The summed E-state index contributed by atoms with van der Waals surface area (Å²) in [5.41, 5.74) is 0.878. The molecule has 1 aromatic carbocycles. The van der Waals surface area contributed by atoms with Crippen molar-refractivity contribution >= 4 is 58.4 Å². The third kappa shape index (κ3) is 5.80. The lowest BCUT2D eigenvalue weighted by Gasteiger charge is -2.35. The van der Waals surface area contributed by atoms with Gasteiger partial charge in [-0.05, 0) is 31.0 Å². The van der Waals surface area contributed by atoms with Gasteiger partial charge in [0, 0.05) is 55.1 Å². The number of hydrogen-bond donors (Lipinski definition) is 2. The zero-order valence-corrected chi connectivity index (χ0v) is 20.4. The van der Waals surface area contributed by atoms with Crippen molar-refractivity contribution in [2.24, 2.45) is 0 Å². The number of carbonyl (C=O) groups is 2. The van der Waals surface area contributed by atoms with Crippen molar-refractivity contribution in [3.8, 4) is 0 Å². The first-order valence-electron chi connectivity index (χ1n) is 10.9. The molecule has 176 valence electrons. The molecule has 2 fully saturated rings. The van der Waals surface area contributed by atoms with Crippen molar-refractivity contribution in [1.82, 2.24) is 20.2 Å². The van der Waals surface area contributed by atoms with Gasteiger partial charge in [-0.1, -0.05) is 40.9 Å². The van der Waals surface area contributed by atoms with Crippen LogP contribution in [0.15, 0.2) is 24.4 Å². The number of nitrogens with one attached hydrogen (secondary N) is 2. The predicted octanol–water partition coefficient (Wildman–Crippen LogP) is 3.93. The monoisotopic (exact) mass is 510 g/mol. The third-order valence-electron chi connectivity index (χ3n) is 5.93. The molecule has 33 heavy (non-hydrogen) atoms. The molecule has 2 aliphatic heterocycles. The number of halogens is 3. The summed E-state index contributed by atoms with van der Waals surface area (Å²) in [4.78, 5) is 36.8. The van der Waals surface area contributed by atoms with E-state index in [9.17, 15) is 9.59 Å². The molecule has 2 aliphatic rings. The maximum Gasteiger partial charge on any atom is 0.227 e. The molecule has 3 heterocycles. The molecule has 0 bridgehead atoms. The average molecular weight is 512 g/mol. The van der Waals surface area contributed by atoms with E-state index in [0.29, 0.717) is 65.9 Å². The Hall–Kier alpha value is -2.29. The van der Waals surface area contributed by atoms with E-state index >= 15 is 0 Å². The molecule has 11 heteroatoms. The zero-order chi connectivity index (χ0) is 23.5. The van der Waals surface area contributed by atoms with Crippen LogP contribution in [0.3, 0.4) is 0 Å². The van der Waals surface area contributed by atoms with E-state index < -0.39 is 0 Å². The maximum atomic E-state index is 12.6. The molecule has 0 saturated carbocycles. The lowest BCUT2D eigenvalue weighted by molar-refractivity contribution is -0.132. The molecule has 2 atom stereocenters. The van der Waals surface area contributed by atoms with Crippen LogP contribution in [0.4, 0.5) is 11.8 Å². The van der Waals surface area contributed by atoms with E-state index in [1.165, 1.54) is 0 Å². The first-order chi connectivity index (χ1) is 15.8. The van der Waals surface area contributed by atoms with Gasteiger partial charge in [0.1, 0.15) is 5.02 Å². The van der Waals surface area contributed by atoms with Crippen molar-refractivity contribution in [2.75, 3.05) is 36.4 Å². The fourth-order valence-corrected chi connectivity index (χ4v) is 4.79. The second-order valence-corrected chi connectivity index (χ2v) is 9.52. The Morgan fingerprint density at radius 3 is 2.64 bits per heavy atom. The Bertz CT molecular complexity index is 1040. The first kappa shape index (κ1) is 23.9. The fourth-order valence-electron chi connectivity index (χ4n) is 4.07. The fraction of sp³-hybridized carbons (Fsp3) is 0.455. The number of amides is 2. The minimum atomic E-state index is -0.152. The molecule has 8 nitrogen and oxygen atoms in total. The summed E-state index contributed by atoms with van der Waals surface area (Å²) in [5, 5.41) is 7.69. The van der Waals surface area contributed by atoms with Crippen LogP contribution in [-0.4, -0.2) is 58.9 Å². The molecular weight excluding hydrogens is 487 g/mol. The van der Waals surface area contributed by atoms with Gasteiger partial charge >= 0.3 is 0 Å². The van der Waals surface area contributed by atoms with Gasteiger partial charge < -0.3 is 20.4 Å². The summed E-state index contributed by atoms with van der Waals surface area (Å²) in [5.74, 6) is 1.14. The van der Waals surface area contributed by atoms with Crippen LogP contribution >= 0.6 is 34.8 Å². The average Bonchev–Trinajstić information content (AvgIpc) is 3.19. The smallest absolute Gasteiger partial charge is 0.227 e. The Labute approximate surface area is 207 Å². The number of piperazine rings is 1. The van der Waals surface area contributed by atoms with E-state index in [1.807, 2.05) is 22.8 Å². The zero-order valence-electron chi connectivity index (χ0n) is 18.2. The predicted molar refractivity (Wildman–Crippen MR) is 130 cm³/mol. The SMILES string of the molecule is C[C@@H](Nc1nc(N2CCN(C(=O)C[C@H]3CCC(=O)N3)CC2)ncc1Cl)c1ccc(Cl)cc1Cl. The molecule has 1 aromatic heterocycles. The number of anilines is 2. The molecule has 0 unspecified atom stereocenters. The summed E-state index contributed by atoms with van der Waals surface area (Å²) in [6.07, 6.45) is 3.14. The summed E-state index contributed by atoms with van der Waals surface area (Å²) >= 11 is 18.7. The van der Waals surface area contributed by atoms with Crippen LogP contribution in [0.5, 0.6) is 0 Å². The molecule has 4 rings (SSSR count). The first-order valence-corrected chi connectivity index (χ1v) is 12.0. The Morgan fingerprint density at radius 2 is 1.97 bits per heavy atom. The summed E-state index contributed by atoms with van der Waals surface area (Å²) in [6.45, 7) is 4.34. The van der Waals surface area contributed by atoms with Gasteiger partial charge in [0.15, 0.2) is 5.82 Å². The lowest BCUT2D eigenvalue weighted by Crippen LogP contribution is -2.50. The van der Waals surface area contributed by atoms with Crippen LogP contribution < -0.4 is 15.5 Å². The summed E-state index contributed by atoms with van der Waals surface area (Å²) < 4.78 is 0. The van der Waals surface area contributed by atoms with Crippen LogP contribution in [0.1, 0.15) is 37.8 Å². The lowest BCUT2D eigenvalue weighted by atomic mass is 10.1. The highest BCUT2D eigenvalue weighted by molar-refractivity contribution is 6.35. The van der Waals surface area contributed by atoms with Crippen LogP contribution in [0.25, 0.3) is 0 Å². The van der Waals surface area contributed by atoms with Crippen LogP contribution in [0.2, 0.25) is 15.1 Å².